The van der Waals surface area contributed by atoms with E-state index in [1.54, 1.807) is 6.92 Å². The van der Waals surface area contributed by atoms with Crippen molar-refractivity contribution in [3.63, 3.8) is 0 Å². The van der Waals surface area contributed by atoms with E-state index in [4.69, 9.17) is 19.9 Å². The van der Waals surface area contributed by atoms with E-state index < -0.39 is 0 Å². The van der Waals surface area contributed by atoms with E-state index in [0.29, 0.717) is 5.56 Å². The van der Waals surface area contributed by atoms with Gasteiger partial charge in [-0.1, -0.05) is 121 Å². The number of rotatable bonds is 6. The van der Waals surface area contributed by atoms with Crippen molar-refractivity contribution in [3.8, 4) is 56.2 Å². The highest BCUT2D eigenvalue weighted by molar-refractivity contribution is 5.96. The second-order valence-electron chi connectivity index (χ2n) is 11.5. The average Bonchev–Trinajstić information content (AvgIpc) is 3.14. The van der Waals surface area contributed by atoms with Gasteiger partial charge in [0.25, 0.3) is 0 Å². The van der Waals surface area contributed by atoms with E-state index in [-0.39, 0.29) is 5.78 Å². The van der Waals surface area contributed by atoms with E-state index in [1.807, 2.05) is 103 Å². The molecule has 47 heavy (non-hydrogen) atoms. The molecule has 6 aromatic carbocycles. The summed E-state index contributed by atoms with van der Waals surface area (Å²) in [5.74, 6) is 0.00913. The van der Waals surface area contributed by atoms with Gasteiger partial charge in [0.1, 0.15) is 0 Å². The minimum absolute atomic E-state index is 0.00913. The molecule has 0 aliphatic carbocycles. The first-order valence-corrected chi connectivity index (χ1v) is 15.5. The van der Waals surface area contributed by atoms with Crippen molar-refractivity contribution >= 4 is 27.9 Å². The van der Waals surface area contributed by atoms with Crippen molar-refractivity contribution < 1.29 is 4.79 Å². The first-order valence-electron chi connectivity index (χ1n) is 15.5. The van der Waals surface area contributed by atoms with Crippen LogP contribution in [-0.4, -0.2) is 25.7 Å². The van der Waals surface area contributed by atoms with Crippen molar-refractivity contribution in [3.05, 3.63) is 157 Å². The molecule has 2 heterocycles. The molecule has 8 rings (SSSR count). The van der Waals surface area contributed by atoms with Crippen LogP contribution in [0.3, 0.4) is 0 Å². The predicted octanol–water partition coefficient (Wildman–Crippen LogP) is 10.1. The number of nitrogens with zero attached hydrogens (tertiary/aromatic N) is 4. The van der Waals surface area contributed by atoms with Crippen LogP contribution in [-0.2, 0) is 0 Å². The van der Waals surface area contributed by atoms with Crippen LogP contribution in [0.2, 0.25) is 0 Å². The summed E-state index contributed by atoms with van der Waals surface area (Å²) in [7, 11) is 0. The van der Waals surface area contributed by atoms with Crippen molar-refractivity contribution in [2.45, 2.75) is 6.92 Å². The minimum atomic E-state index is 0.00913. The molecular weight excluding hydrogens is 576 g/mol. The van der Waals surface area contributed by atoms with Crippen LogP contribution in [0, 0.1) is 0 Å². The van der Waals surface area contributed by atoms with Gasteiger partial charge < -0.3 is 0 Å². The maximum Gasteiger partial charge on any atom is 0.159 e. The monoisotopic (exact) mass is 604 g/mol. The van der Waals surface area contributed by atoms with E-state index in [2.05, 4.69) is 48.5 Å². The van der Waals surface area contributed by atoms with Gasteiger partial charge >= 0.3 is 0 Å². The van der Waals surface area contributed by atoms with Gasteiger partial charge in [0.15, 0.2) is 5.78 Å². The second kappa shape index (κ2) is 11.9. The Kier molecular flexibility index (Phi) is 7.12. The fourth-order valence-electron chi connectivity index (χ4n) is 5.95. The van der Waals surface area contributed by atoms with Gasteiger partial charge in [0.2, 0.25) is 0 Å². The number of carbonyl (C=O) groups excluding carboxylic acids is 1. The number of hydrogen-bond acceptors (Lipinski definition) is 5. The van der Waals surface area contributed by atoms with E-state index in [1.165, 1.54) is 0 Å². The molecule has 222 valence electrons. The lowest BCUT2D eigenvalue weighted by Crippen LogP contribution is -1.98. The molecule has 0 unspecified atom stereocenters. The SMILES string of the molecule is CC(=O)c1cccc(-c2nc3cc(-c4ccc5nc(-c6ccccc6)c(-c6ccccc6)nc5c4)ccc3nc2-c2ccccc2)c1. The molecule has 0 spiro atoms. The normalized spacial score (nSPS) is 11.2. The van der Waals surface area contributed by atoms with E-state index in [9.17, 15) is 4.79 Å². The van der Waals surface area contributed by atoms with E-state index >= 15 is 0 Å². The lowest BCUT2D eigenvalue weighted by Gasteiger charge is -2.13. The standard InChI is InChI=1S/C42H28N4O/c1-27(47)31-18-11-19-34(24-31)42-41(30-16-9-4-10-17-30)44-36-23-21-33(26-38(36)46-42)32-20-22-35-37(25-32)45-40(29-14-7-3-8-15-29)39(43-35)28-12-5-2-6-13-28/h2-26H,1H3. The molecule has 0 N–H and O–H groups in total. The second-order valence-corrected chi connectivity index (χ2v) is 11.5. The van der Waals surface area contributed by atoms with Gasteiger partial charge in [-0.2, -0.15) is 0 Å². The number of aromatic nitrogens is 4. The molecule has 0 aliphatic heterocycles. The summed E-state index contributed by atoms with van der Waals surface area (Å²) in [5.41, 5.74) is 12.9. The fourth-order valence-corrected chi connectivity index (χ4v) is 5.95. The quantitative estimate of drug-likeness (QED) is 0.177. The molecular formula is C42H28N4O. The molecule has 0 saturated heterocycles. The Bertz CT molecular complexity index is 2420. The predicted molar refractivity (Wildman–Crippen MR) is 190 cm³/mol. The smallest absolute Gasteiger partial charge is 0.159 e. The number of carbonyl (C=O) groups is 1. The van der Waals surface area contributed by atoms with Crippen LogP contribution in [0.4, 0.5) is 0 Å². The molecule has 5 heteroatoms. The van der Waals surface area contributed by atoms with Crippen LogP contribution in [0.5, 0.6) is 0 Å². The largest absolute Gasteiger partial charge is 0.295 e. The topological polar surface area (TPSA) is 68.6 Å². The van der Waals surface area contributed by atoms with Crippen LogP contribution in [0.15, 0.2) is 152 Å². The zero-order valence-corrected chi connectivity index (χ0v) is 25.6. The van der Waals surface area contributed by atoms with Crippen molar-refractivity contribution in [2.24, 2.45) is 0 Å². The zero-order valence-electron chi connectivity index (χ0n) is 25.6. The summed E-state index contributed by atoms with van der Waals surface area (Å²) in [6, 6.07) is 50.4. The minimum Gasteiger partial charge on any atom is -0.295 e. The summed E-state index contributed by atoms with van der Waals surface area (Å²) < 4.78 is 0. The molecule has 0 bridgehead atoms. The molecule has 0 fully saturated rings. The Labute approximate surface area is 272 Å². The van der Waals surface area contributed by atoms with Gasteiger partial charge in [-0.15, -0.1) is 0 Å². The summed E-state index contributed by atoms with van der Waals surface area (Å²) in [6.45, 7) is 1.58. The maximum atomic E-state index is 12.2. The lowest BCUT2D eigenvalue weighted by atomic mass is 9.99. The Morgan fingerprint density at radius 3 is 1.17 bits per heavy atom. The molecule has 8 aromatic rings. The van der Waals surface area contributed by atoms with Gasteiger partial charge in [-0.05, 0) is 48.4 Å². The lowest BCUT2D eigenvalue weighted by molar-refractivity contribution is 0.101. The van der Waals surface area contributed by atoms with E-state index in [0.717, 1.165) is 78.2 Å². The van der Waals surface area contributed by atoms with Crippen molar-refractivity contribution in [1.29, 1.82) is 0 Å². The summed E-state index contributed by atoms with van der Waals surface area (Å²) in [6.07, 6.45) is 0. The summed E-state index contributed by atoms with van der Waals surface area (Å²) in [5, 5.41) is 0. The molecule has 0 radical (unpaired) electrons. The van der Waals surface area contributed by atoms with Crippen LogP contribution < -0.4 is 0 Å². The molecule has 5 nitrogen and oxygen atoms in total. The summed E-state index contributed by atoms with van der Waals surface area (Å²) >= 11 is 0. The summed E-state index contributed by atoms with van der Waals surface area (Å²) in [4.78, 5) is 32.8. The fraction of sp³-hybridized carbons (Fsp3) is 0.0238. The maximum absolute atomic E-state index is 12.2. The highest BCUT2D eigenvalue weighted by Crippen LogP contribution is 2.35. The Balaban J connectivity index is 1.27. The molecule has 2 aromatic heterocycles. The Morgan fingerprint density at radius 1 is 0.362 bits per heavy atom. The van der Waals surface area contributed by atoms with Crippen LogP contribution >= 0.6 is 0 Å². The van der Waals surface area contributed by atoms with Crippen molar-refractivity contribution in [2.75, 3.05) is 0 Å². The number of Topliss-reactive ketones (excluding diaryl/α,β-unsaturated/α-hetero) is 1. The number of ketones is 1. The Morgan fingerprint density at radius 2 is 0.745 bits per heavy atom. The highest BCUT2D eigenvalue weighted by atomic mass is 16.1. The van der Waals surface area contributed by atoms with Crippen LogP contribution in [0.25, 0.3) is 78.2 Å². The van der Waals surface area contributed by atoms with Crippen molar-refractivity contribution in [1.82, 2.24) is 19.9 Å². The van der Waals surface area contributed by atoms with Gasteiger partial charge in [-0.25, -0.2) is 19.9 Å². The first kappa shape index (κ1) is 28.2. The molecule has 0 amide bonds. The third kappa shape index (κ3) is 5.45. The van der Waals surface area contributed by atoms with Gasteiger partial charge in [-0.3, -0.25) is 4.79 Å². The highest BCUT2D eigenvalue weighted by Gasteiger charge is 2.17. The zero-order chi connectivity index (χ0) is 31.7. The van der Waals surface area contributed by atoms with Crippen LogP contribution in [0.1, 0.15) is 17.3 Å². The van der Waals surface area contributed by atoms with Gasteiger partial charge in [0, 0.05) is 27.8 Å². The third-order valence-corrected chi connectivity index (χ3v) is 8.35. The molecule has 0 saturated carbocycles. The number of fused-ring (bicyclic) bond motifs is 2. The first-order chi connectivity index (χ1) is 23.1. The molecule has 0 atom stereocenters. The Hall–Kier alpha value is -6.33. The van der Waals surface area contributed by atoms with Gasteiger partial charge in [0.05, 0.1) is 44.8 Å². The molecule has 0 aliphatic rings. The number of benzene rings is 6. The average molecular weight is 605 g/mol. The number of hydrogen-bond donors (Lipinski definition) is 0. The third-order valence-electron chi connectivity index (χ3n) is 8.35.